The highest BCUT2D eigenvalue weighted by atomic mass is 32.1. The molecule has 0 bridgehead atoms. The predicted octanol–water partition coefficient (Wildman–Crippen LogP) is 5.21. The number of benzene rings is 2. The monoisotopic (exact) mass is 296 g/mol. The van der Waals surface area contributed by atoms with Gasteiger partial charge in [-0.3, -0.25) is 4.57 Å². The third-order valence-corrected chi connectivity index (χ3v) is 4.72. The summed E-state index contributed by atoms with van der Waals surface area (Å²) in [6.07, 6.45) is 0. The van der Waals surface area contributed by atoms with Crippen LogP contribution in [0.4, 0.5) is 0 Å². The zero-order chi connectivity index (χ0) is 13.7. The van der Waals surface area contributed by atoms with Crippen molar-refractivity contribution in [3.63, 3.8) is 0 Å². The highest BCUT2D eigenvalue weighted by molar-refractivity contribution is 7.71. The number of imidazole rings is 1. The lowest BCUT2D eigenvalue weighted by atomic mass is 10.2. The molecule has 0 spiro atoms. The lowest BCUT2D eigenvalue weighted by Gasteiger charge is -2.05. The Hall–Kier alpha value is -1.91. The normalized spacial score (nSPS) is 11.4. The Bertz CT molecular complexity index is 988. The van der Waals surface area contributed by atoms with Gasteiger partial charge in [-0.15, -0.1) is 11.3 Å². The number of H-pyrrole nitrogens is 1. The Balaban J connectivity index is 2.07. The van der Waals surface area contributed by atoms with Crippen LogP contribution in [-0.4, -0.2) is 9.55 Å². The van der Waals surface area contributed by atoms with Crippen molar-refractivity contribution in [1.29, 1.82) is 0 Å². The second-order valence-electron chi connectivity index (χ2n) is 4.93. The first kappa shape index (κ1) is 11.9. The largest absolute Gasteiger partial charge is 0.330 e. The number of hydrogen-bond acceptors (Lipinski definition) is 2. The molecule has 0 fully saturated rings. The van der Waals surface area contributed by atoms with Gasteiger partial charge < -0.3 is 4.98 Å². The Morgan fingerprint density at radius 2 is 2.00 bits per heavy atom. The summed E-state index contributed by atoms with van der Waals surface area (Å²) in [5.41, 5.74) is 4.55. The Kier molecular flexibility index (Phi) is 2.55. The van der Waals surface area contributed by atoms with E-state index in [1.54, 1.807) is 11.3 Å². The maximum atomic E-state index is 5.49. The highest BCUT2D eigenvalue weighted by Crippen LogP contribution is 2.26. The van der Waals surface area contributed by atoms with E-state index in [0.717, 1.165) is 21.5 Å². The topological polar surface area (TPSA) is 20.7 Å². The summed E-state index contributed by atoms with van der Waals surface area (Å²) >= 11 is 7.25. The Labute approximate surface area is 125 Å². The summed E-state index contributed by atoms with van der Waals surface area (Å²) in [7, 11) is 0. The van der Waals surface area contributed by atoms with Gasteiger partial charge in [0.15, 0.2) is 4.77 Å². The maximum absolute atomic E-state index is 5.49. The van der Waals surface area contributed by atoms with Crippen LogP contribution in [0.15, 0.2) is 47.8 Å². The molecule has 2 aromatic heterocycles. The van der Waals surface area contributed by atoms with E-state index in [4.69, 9.17) is 12.2 Å². The second kappa shape index (κ2) is 4.30. The SMILES string of the molecule is Cc1ccc2[nH]c(=S)n(-c3ccc4sccc4c3)c2c1. The van der Waals surface area contributed by atoms with Gasteiger partial charge in [0.1, 0.15) is 0 Å². The van der Waals surface area contributed by atoms with Gasteiger partial charge >= 0.3 is 0 Å². The van der Waals surface area contributed by atoms with Crippen molar-refractivity contribution in [2.24, 2.45) is 0 Å². The van der Waals surface area contributed by atoms with Crippen LogP contribution in [0, 0.1) is 11.7 Å². The molecule has 2 aromatic carbocycles. The molecule has 2 nitrogen and oxygen atoms in total. The minimum Gasteiger partial charge on any atom is -0.330 e. The molecule has 0 saturated carbocycles. The molecule has 0 atom stereocenters. The number of fused-ring (bicyclic) bond motifs is 2. The van der Waals surface area contributed by atoms with Gasteiger partial charge in [-0.05, 0) is 71.9 Å². The molecule has 4 aromatic rings. The Morgan fingerprint density at radius 3 is 2.90 bits per heavy atom. The standard InChI is InChI=1S/C16H12N2S2/c1-10-2-4-13-14(8-10)18(16(19)17-13)12-3-5-15-11(9-12)6-7-20-15/h2-9H,1H3,(H,17,19). The van der Waals surface area contributed by atoms with Crippen molar-refractivity contribution in [1.82, 2.24) is 9.55 Å². The van der Waals surface area contributed by atoms with Crippen LogP contribution >= 0.6 is 23.6 Å². The molecular formula is C16H12N2S2. The zero-order valence-electron chi connectivity index (χ0n) is 10.9. The van der Waals surface area contributed by atoms with Gasteiger partial charge in [-0.2, -0.15) is 0 Å². The molecular weight excluding hydrogens is 284 g/mol. The highest BCUT2D eigenvalue weighted by Gasteiger charge is 2.07. The summed E-state index contributed by atoms with van der Waals surface area (Å²) in [4.78, 5) is 3.28. The molecule has 0 aliphatic rings. The minimum atomic E-state index is 0.736. The number of aromatic amines is 1. The first-order valence-corrected chi connectivity index (χ1v) is 7.70. The van der Waals surface area contributed by atoms with Crippen molar-refractivity contribution < 1.29 is 0 Å². The van der Waals surface area contributed by atoms with Gasteiger partial charge in [-0.1, -0.05) is 6.07 Å². The van der Waals surface area contributed by atoms with Crippen molar-refractivity contribution in [3.8, 4) is 5.69 Å². The van der Waals surface area contributed by atoms with E-state index in [9.17, 15) is 0 Å². The lowest BCUT2D eigenvalue weighted by Crippen LogP contribution is -1.93. The van der Waals surface area contributed by atoms with E-state index in [-0.39, 0.29) is 0 Å². The molecule has 0 aliphatic heterocycles. The second-order valence-corrected chi connectivity index (χ2v) is 6.26. The van der Waals surface area contributed by atoms with E-state index in [1.165, 1.54) is 15.6 Å². The van der Waals surface area contributed by atoms with E-state index in [1.807, 2.05) is 0 Å². The van der Waals surface area contributed by atoms with E-state index in [2.05, 4.69) is 64.3 Å². The number of hydrogen-bond donors (Lipinski definition) is 1. The molecule has 0 aliphatic carbocycles. The van der Waals surface area contributed by atoms with Gasteiger partial charge in [-0.25, -0.2) is 0 Å². The number of aryl methyl sites for hydroxylation is 1. The van der Waals surface area contributed by atoms with Crippen molar-refractivity contribution >= 4 is 44.7 Å². The van der Waals surface area contributed by atoms with Crippen LogP contribution in [0.3, 0.4) is 0 Å². The fourth-order valence-corrected chi connectivity index (χ4v) is 3.65. The van der Waals surface area contributed by atoms with E-state index in [0.29, 0.717) is 0 Å². The number of aromatic nitrogens is 2. The Morgan fingerprint density at radius 1 is 1.10 bits per heavy atom. The summed E-state index contributed by atoms with van der Waals surface area (Å²) in [6.45, 7) is 2.10. The number of nitrogens with zero attached hydrogens (tertiary/aromatic N) is 1. The van der Waals surface area contributed by atoms with Gasteiger partial charge in [0, 0.05) is 10.4 Å². The van der Waals surface area contributed by atoms with Crippen LogP contribution in [0.2, 0.25) is 0 Å². The van der Waals surface area contributed by atoms with Crippen LogP contribution in [-0.2, 0) is 0 Å². The molecule has 2 heterocycles. The lowest BCUT2D eigenvalue weighted by molar-refractivity contribution is 1.07. The summed E-state index contributed by atoms with van der Waals surface area (Å²) < 4.78 is 4.14. The first-order chi connectivity index (χ1) is 9.72. The number of rotatable bonds is 1. The summed E-state index contributed by atoms with van der Waals surface area (Å²) in [5, 5.41) is 3.38. The van der Waals surface area contributed by atoms with E-state index >= 15 is 0 Å². The van der Waals surface area contributed by atoms with Crippen molar-refractivity contribution in [2.45, 2.75) is 6.92 Å². The predicted molar refractivity (Wildman–Crippen MR) is 88.6 cm³/mol. The van der Waals surface area contributed by atoms with Crippen LogP contribution in [0.1, 0.15) is 5.56 Å². The van der Waals surface area contributed by atoms with Crippen LogP contribution < -0.4 is 0 Å². The third-order valence-electron chi connectivity index (χ3n) is 3.53. The molecule has 4 rings (SSSR count). The van der Waals surface area contributed by atoms with Gasteiger partial charge in [0.2, 0.25) is 0 Å². The summed E-state index contributed by atoms with van der Waals surface area (Å²) in [5.74, 6) is 0. The average Bonchev–Trinajstić information content (AvgIpc) is 3.00. The van der Waals surface area contributed by atoms with Crippen molar-refractivity contribution in [3.05, 3.63) is 58.2 Å². The third kappa shape index (κ3) is 1.72. The minimum absolute atomic E-state index is 0.736. The molecule has 0 saturated heterocycles. The van der Waals surface area contributed by atoms with Gasteiger partial charge in [0.05, 0.1) is 11.0 Å². The average molecular weight is 296 g/mol. The smallest absolute Gasteiger partial charge is 0.182 e. The molecule has 4 heteroatoms. The van der Waals surface area contributed by atoms with Crippen molar-refractivity contribution in [2.75, 3.05) is 0 Å². The number of nitrogens with one attached hydrogen (secondary N) is 1. The molecule has 0 radical (unpaired) electrons. The summed E-state index contributed by atoms with van der Waals surface area (Å²) in [6, 6.07) is 15.0. The molecule has 20 heavy (non-hydrogen) atoms. The van der Waals surface area contributed by atoms with E-state index < -0.39 is 0 Å². The fourth-order valence-electron chi connectivity index (χ4n) is 2.56. The zero-order valence-corrected chi connectivity index (χ0v) is 12.5. The van der Waals surface area contributed by atoms with Gasteiger partial charge in [0.25, 0.3) is 0 Å². The quantitative estimate of drug-likeness (QED) is 0.478. The maximum Gasteiger partial charge on any atom is 0.182 e. The first-order valence-electron chi connectivity index (χ1n) is 6.41. The molecule has 0 amide bonds. The number of thiophene rings is 1. The van der Waals surface area contributed by atoms with Crippen LogP contribution in [0.25, 0.3) is 26.8 Å². The molecule has 0 unspecified atom stereocenters. The van der Waals surface area contributed by atoms with Crippen LogP contribution in [0.5, 0.6) is 0 Å². The molecule has 1 N–H and O–H groups in total. The fraction of sp³-hybridized carbons (Fsp3) is 0.0625. The molecule has 98 valence electrons.